The number of anilines is 2. The van der Waals surface area contributed by atoms with Crippen molar-refractivity contribution in [2.75, 3.05) is 29.5 Å². The smallest absolute Gasteiger partial charge is 0.256 e. The lowest BCUT2D eigenvalue weighted by molar-refractivity contribution is 0.102. The number of carbonyl (C=O) groups excluding carboxylic acids is 1. The maximum atomic E-state index is 13.4. The van der Waals surface area contributed by atoms with Gasteiger partial charge in [0.05, 0.1) is 28.7 Å². The van der Waals surface area contributed by atoms with Crippen molar-refractivity contribution < 1.29 is 22.7 Å². The first-order chi connectivity index (χ1) is 16.8. The van der Waals surface area contributed by atoms with E-state index in [4.69, 9.17) is 14.5 Å². The van der Waals surface area contributed by atoms with Gasteiger partial charge in [0.15, 0.2) is 11.5 Å². The van der Waals surface area contributed by atoms with E-state index in [0.717, 1.165) is 17.4 Å². The number of aromatic nitrogens is 1. The van der Waals surface area contributed by atoms with Crippen LogP contribution < -0.4 is 19.5 Å². The molecule has 1 aliphatic heterocycles. The minimum absolute atomic E-state index is 0.337. The van der Waals surface area contributed by atoms with Crippen molar-refractivity contribution in [1.29, 1.82) is 0 Å². The van der Waals surface area contributed by atoms with Gasteiger partial charge in [-0.3, -0.25) is 9.52 Å². The number of rotatable bonds is 5. The van der Waals surface area contributed by atoms with E-state index in [0.29, 0.717) is 58.2 Å². The fourth-order valence-corrected chi connectivity index (χ4v) is 4.54. The van der Waals surface area contributed by atoms with Crippen LogP contribution in [0.15, 0.2) is 66.7 Å². The standard InChI is InChI=1S/C26H23N3O5S/c1-16-7-9-18(14-22(16)29-35(2,31)32)27-26(30)20-15-23(28-21-6-4-3-5-19(20)21)17-8-10-24-25(13-17)34-12-11-33-24/h3-10,13-15,29H,11-12H2,1-2H3,(H,27,30). The predicted molar refractivity (Wildman–Crippen MR) is 136 cm³/mol. The molecule has 0 spiro atoms. The molecule has 0 radical (unpaired) electrons. The monoisotopic (exact) mass is 489 g/mol. The second-order valence-corrected chi connectivity index (χ2v) is 10.0. The van der Waals surface area contributed by atoms with Gasteiger partial charge in [-0.2, -0.15) is 0 Å². The van der Waals surface area contributed by atoms with Crippen molar-refractivity contribution in [3.63, 3.8) is 0 Å². The molecule has 0 saturated carbocycles. The number of aryl methyl sites for hydroxylation is 1. The molecule has 1 aromatic heterocycles. The first-order valence-corrected chi connectivity index (χ1v) is 12.9. The SMILES string of the molecule is Cc1ccc(NC(=O)c2cc(-c3ccc4c(c3)OCCO4)nc3ccccc23)cc1NS(C)(=O)=O. The number of pyridine rings is 1. The van der Waals surface area contributed by atoms with Gasteiger partial charge in [-0.15, -0.1) is 0 Å². The Morgan fingerprint density at radius 3 is 2.51 bits per heavy atom. The molecule has 35 heavy (non-hydrogen) atoms. The molecule has 3 aromatic carbocycles. The number of para-hydroxylation sites is 1. The average molecular weight is 490 g/mol. The summed E-state index contributed by atoms with van der Waals surface area (Å²) in [6.07, 6.45) is 1.08. The molecule has 2 heterocycles. The lowest BCUT2D eigenvalue weighted by Crippen LogP contribution is -2.15. The molecule has 178 valence electrons. The number of fused-ring (bicyclic) bond motifs is 2. The Bertz CT molecular complexity index is 1570. The first kappa shape index (κ1) is 22.7. The molecule has 2 N–H and O–H groups in total. The Kier molecular flexibility index (Phi) is 5.78. The van der Waals surface area contributed by atoms with E-state index in [2.05, 4.69) is 10.0 Å². The van der Waals surface area contributed by atoms with Crippen molar-refractivity contribution in [2.45, 2.75) is 6.92 Å². The minimum Gasteiger partial charge on any atom is -0.486 e. The number of nitrogens with zero attached hydrogens (tertiary/aromatic N) is 1. The van der Waals surface area contributed by atoms with Crippen LogP contribution >= 0.6 is 0 Å². The number of amides is 1. The van der Waals surface area contributed by atoms with Crippen LogP contribution in [0.3, 0.4) is 0 Å². The molecular formula is C26H23N3O5S. The van der Waals surface area contributed by atoms with E-state index in [1.54, 1.807) is 31.2 Å². The van der Waals surface area contributed by atoms with E-state index >= 15 is 0 Å². The lowest BCUT2D eigenvalue weighted by Gasteiger charge is -2.19. The fraction of sp³-hybridized carbons (Fsp3) is 0.154. The largest absolute Gasteiger partial charge is 0.486 e. The third-order valence-corrected chi connectivity index (χ3v) is 6.18. The second kappa shape index (κ2) is 8.92. The number of nitrogens with one attached hydrogen (secondary N) is 2. The molecule has 0 saturated heterocycles. The Morgan fingerprint density at radius 1 is 0.943 bits per heavy atom. The van der Waals surface area contributed by atoms with Gasteiger partial charge >= 0.3 is 0 Å². The molecule has 0 unspecified atom stereocenters. The van der Waals surface area contributed by atoms with Crippen LogP contribution in [0.5, 0.6) is 11.5 Å². The van der Waals surface area contributed by atoms with Gasteiger partial charge < -0.3 is 14.8 Å². The molecule has 0 bridgehead atoms. The Hall–Kier alpha value is -4.11. The predicted octanol–water partition coefficient (Wildman–Crippen LogP) is 4.61. The Balaban J connectivity index is 1.53. The summed E-state index contributed by atoms with van der Waals surface area (Å²) in [6, 6.07) is 19.8. The van der Waals surface area contributed by atoms with E-state index in [1.807, 2.05) is 42.5 Å². The van der Waals surface area contributed by atoms with Crippen LogP contribution in [0.1, 0.15) is 15.9 Å². The maximum Gasteiger partial charge on any atom is 0.256 e. The van der Waals surface area contributed by atoms with E-state index in [1.165, 1.54) is 0 Å². The van der Waals surface area contributed by atoms with E-state index in [-0.39, 0.29) is 5.91 Å². The van der Waals surface area contributed by atoms with Crippen LogP contribution in [0.2, 0.25) is 0 Å². The van der Waals surface area contributed by atoms with E-state index in [9.17, 15) is 13.2 Å². The number of carbonyl (C=O) groups is 1. The van der Waals surface area contributed by atoms with Crippen LogP contribution in [0, 0.1) is 6.92 Å². The number of benzene rings is 3. The molecule has 0 aliphatic carbocycles. The fourth-order valence-electron chi connectivity index (χ4n) is 3.92. The summed E-state index contributed by atoms with van der Waals surface area (Å²) in [6.45, 7) is 2.77. The van der Waals surface area contributed by atoms with Crippen molar-refractivity contribution in [3.05, 3.63) is 77.9 Å². The van der Waals surface area contributed by atoms with Gasteiger partial charge in [0, 0.05) is 16.6 Å². The highest BCUT2D eigenvalue weighted by atomic mass is 32.2. The number of hydrogen-bond acceptors (Lipinski definition) is 6. The van der Waals surface area contributed by atoms with Crippen molar-refractivity contribution in [1.82, 2.24) is 4.98 Å². The Morgan fingerprint density at radius 2 is 1.71 bits per heavy atom. The van der Waals surface area contributed by atoms with Crippen molar-refractivity contribution in [3.8, 4) is 22.8 Å². The molecule has 5 rings (SSSR count). The number of ether oxygens (including phenoxy) is 2. The van der Waals surface area contributed by atoms with Crippen LogP contribution in [-0.4, -0.2) is 38.8 Å². The van der Waals surface area contributed by atoms with E-state index < -0.39 is 10.0 Å². The maximum absolute atomic E-state index is 13.4. The highest BCUT2D eigenvalue weighted by Crippen LogP contribution is 2.35. The summed E-state index contributed by atoms with van der Waals surface area (Å²) in [5.41, 5.74) is 4.14. The number of sulfonamides is 1. The zero-order valence-electron chi connectivity index (χ0n) is 19.2. The van der Waals surface area contributed by atoms with Crippen LogP contribution in [0.4, 0.5) is 11.4 Å². The lowest BCUT2D eigenvalue weighted by atomic mass is 10.0. The van der Waals surface area contributed by atoms with Crippen LogP contribution in [0.25, 0.3) is 22.2 Å². The zero-order valence-corrected chi connectivity index (χ0v) is 20.0. The first-order valence-electron chi connectivity index (χ1n) is 11.0. The average Bonchev–Trinajstić information content (AvgIpc) is 2.84. The molecule has 0 fully saturated rings. The number of hydrogen-bond donors (Lipinski definition) is 2. The zero-order chi connectivity index (χ0) is 24.6. The van der Waals surface area contributed by atoms with Gasteiger partial charge in [0.25, 0.3) is 5.91 Å². The van der Waals surface area contributed by atoms with Gasteiger partial charge in [0.2, 0.25) is 10.0 Å². The highest BCUT2D eigenvalue weighted by molar-refractivity contribution is 7.92. The normalized spacial score (nSPS) is 12.9. The summed E-state index contributed by atoms with van der Waals surface area (Å²) < 4.78 is 37.2. The van der Waals surface area contributed by atoms with Gasteiger partial charge in [0.1, 0.15) is 13.2 Å². The van der Waals surface area contributed by atoms with Crippen molar-refractivity contribution >= 4 is 38.2 Å². The molecule has 8 nitrogen and oxygen atoms in total. The van der Waals surface area contributed by atoms with Gasteiger partial charge in [-0.1, -0.05) is 24.3 Å². The quantitative estimate of drug-likeness (QED) is 0.424. The summed E-state index contributed by atoms with van der Waals surface area (Å²) in [5, 5.41) is 3.59. The summed E-state index contributed by atoms with van der Waals surface area (Å²) in [4.78, 5) is 18.2. The summed E-state index contributed by atoms with van der Waals surface area (Å²) in [5.74, 6) is 0.980. The van der Waals surface area contributed by atoms with Crippen molar-refractivity contribution in [2.24, 2.45) is 0 Å². The third-order valence-electron chi connectivity index (χ3n) is 5.59. The molecule has 9 heteroatoms. The molecule has 1 amide bonds. The minimum atomic E-state index is -3.46. The molecule has 1 aliphatic rings. The summed E-state index contributed by atoms with van der Waals surface area (Å²) in [7, 11) is -3.46. The van der Waals surface area contributed by atoms with Gasteiger partial charge in [-0.05, 0) is 55.0 Å². The second-order valence-electron chi connectivity index (χ2n) is 8.29. The topological polar surface area (TPSA) is 107 Å². The highest BCUT2D eigenvalue weighted by Gasteiger charge is 2.17. The third kappa shape index (κ3) is 4.90. The molecule has 0 atom stereocenters. The molecular weight excluding hydrogens is 466 g/mol. The van der Waals surface area contributed by atoms with Crippen LogP contribution in [-0.2, 0) is 10.0 Å². The molecule has 4 aromatic rings. The Labute approximate surface area is 203 Å². The van der Waals surface area contributed by atoms with Gasteiger partial charge in [-0.25, -0.2) is 13.4 Å². The summed E-state index contributed by atoms with van der Waals surface area (Å²) >= 11 is 0.